The Morgan fingerprint density at radius 2 is 1.88 bits per heavy atom. The van der Waals surface area contributed by atoms with Crippen LogP contribution in [-0.2, 0) is 22.6 Å². The van der Waals surface area contributed by atoms with Crippen molar-refractivity contribution >= 4 is 17.7 Å². The van der Waals surface area contributed by atoms with Gasteiger partial charge in [0.05, 0.1) is 18.8 Å². The first-order valence-corrected chi connectivity index (χ1v) is 11.2. The lowest BCUT2D eigenvalue weighted by Gasteiger charge is -2.15. The Labute approximate surface area is 197 Å². The Morgan fingerprint density at radius 3 is 2.53 bits per heavy atom. The molecule has 2 heterocycles. The van der Waals surface area contributed by atoms with Gasteiger partial charge in [-0.15, -0.1) is 0 Å². The fourth-order valence-electron chi connectivity index (χ4n) is 4.00. The Kier molecular flexibility index (Phi) is 6.98. The number of benzene rings is 2. The van der Waals surface area contributed by atoms with Gasteiger partial charge in [-0.3, -0.25) is 9.69 Å². The molecule has 0 radical (unpaired) electrons. The van der Waals surface area contributed by atoms with Crippen LogP contribution in [0.15, 0.2) is 52.9 Å². The maximum Gasteiger partial charge on any atom is 0.414 e. The van der Waals surface area contributed by atoms with Gasteiger partial charge in [-0.1, -0.05) is 24.3 Å². The molecular weight excluding hydrogens is 437 g/mol. The number of nitrogens with one attached hydrogen (secondary N) is 2. The second-order valence-corrected chi connectivity index (χ2v) is 8.46. The molecule has 0 saturated carbocycles. The van der Waals surface area contributed by atoms with Gasteiger partial charge < -0.3 is 19.8 Å². The number of nitrogens with zero attached hydrogens (tertiary/aromatic N) is 1. The van der Waals surface area contributed by atoms with Crippen molar-refractivity contribution < 1.29 is 23.1 Å². The quantitative estimate of drug-likeness (QED) is 0.513. The highest BCUT2D eigenvalue weighted by Gasteiger charge is 2.32. The van der Waals surface area contributed by atoms with E-state index in [9.17, 15) is 14.0 Å². The van der Waals surface area contributed by atoms with E-state index in [4.69, 9.17) is 9.15 Å². The normalized spacial score (nSPS) is 15.5. The molecule has 4 rings (SSSR count). The molecule has 0 aliphatic carbocycles. The number of aryl methyl sites for hydroxylation is 2. The van der Waals surface area contributed by atoms with Crippen LogP contribution in [0.3, 0.4) is 0 Å². The van der Waals surface area contributed by atoms with Crippen molar-refractivity contribution in [3.05, 3.63) is 77.0 Å². The number of rotatable bonds is 8. The standard InChI is InChI=1S/C26H28FN3O4/c1-16-10-21(17(2)33-16)13-28-12-19-4-6-20(7-5-19)24-9-8-22(11-25(24)27)30-15-23(34-26(30)32)14-29-18(3)31/h4-11,23,28H,12-15H2,1-3H3,(H,29,31). The number of anilines is 1. The molecule has 178 valence electrons. The van der Waals surface area contributed by atoms with Gasteiger partial charge in [0.15, 0.2) is 0 Å². The largest absolute Gasteiger partial charge is 0.466 e. The number of ether oxygens (including phenoxy) is 1. The zero-order valence-corrected chi connectivity index (χ0v) is 19.5. The van der Waals surface area contributed by atoms with Gasteiger partial charge in [-0.2, -0.15) is 0 Å². The topological polar surface area (TPSA) is 83.8 Å². The second-order valence-electron chi connectivity index (χ2n) is 8.46. The number of carbonyl (C=O) groups is 2. The summed E-state index contributed by atoms with van der Waals surface area (Å²) in [6.45, 7) is 7.15. The van der Waals surface area contributed by atoms with Gasteiger partial charge in [-0.05, 0) is 49.2 Å². The van der Waals surface area contributed by atoms with E-state index in [-0.39, 0.29) is 19.0 Å². The van der Waals surface area contributed by atoms with Crippen LogP contribution in [0.4, 0.5) is 14.9 Å². The molecule has 7 nitrogen and oxygen atoms in total. The van der Waals surface area contributed by atoms with Crippen LogP contribution in [0.5, 0.6) is 0 Å². The highest BCUT2D eigenvalue weighted by Crippen LogP contribution is 2.29. The molecular formula is C26H28FN3O4. The molecule has 1 atom stereocenters. The van der Waals surface area contributed by atoms with Gasteiger partial charge in [0, 0.05) is 31.1 Å². The molecule has 2 aromatic carbocycles. The number of carbonyl (C=O) groups excluding carboxylic acids is 2. The van der Waals surface area contributed by atoms with Crippen LogP contribution in [0, 0.1) is 19.7 Å². The molecule has 0 bridgehead atoms. The summed E-state index contributed by atoms with van der Waals surface area (Å²) in [7, 11) is 0. The summed E-state index contributed by atoms with van der Waals surface area (Å²) in [6, 6.07) is 14.4. The molecule has 1 fully saturated rings. The number of amides is 2. The molecule has 1 aromatic heterocycles. The van der Waals surface area contributed by atoms with E-state index >= 15 is 0 Å². The molecule has 1 aliphatic heterocycles. The summed E-state index contributed by atoms with van der Waals surface area (Å²) in [6.07, 6.45) is -1.03. The number of hydrogen-bond donors (Lipinski definition) is 2. The summed E-state index contributed by atoms with van der Waals surface area (Å²) in [5.41, 5.74) is 3.85. The molecule has 0 spiro atoms. The molecule has 1 unspecified atom stereocenters. The monoisotopic (exact) mass is 465 g/mol. The predicted octanol–water partition coefficient (Wildman–Crippen LogP) is 4.45. The fraction of sp³-hybridized carbons (Fsp3) is 0.308. The van der Waals surface area contributed by atoms with Gasteiger partial charge in [0.2, 0.25) is 5.91 Å². The third kappa shape index (κ3) is 5.46. The van der Waals surface area contributed by atoms with Crippen LogP contribution in [-0.4, -0.2) is 31.2 Å². The average Bonchev–Trinajstić information content (AvgIpc) is 3.33. The van der Waals surface area contributed by atoms with Gasteiger partial charge in [0.1, 0.15) is 23.4 Å². The molecule has 8 heteroatoms. The first-order valence-electron chi connectivity index (χ1n) is 11.2. The number of hydrogen-bond acceptors (Lipinski definition) is 5. The molecule has 34 heavy (non-hydrogen) atoms. The van der Waals surface area contributed by atoms with E-state index < -0.39 is 18.0 Å². The number of cyclic esters (lactones) is 1. The Bertz CT molecular complexity index is 1190. The van der Waals surface area contributed by atoms with Crippen molar-refractivity contribution in [3.8, 4) is 11.1 Å². The summed E-state index contributed by atoms with van der Waals surface area (Å²) >= 11 is 0. The third-order valence-electron chi connectivity index (χ3n) is 5.77. The van der Waals surface area contributed by atoms with Crippen molar-refractivity contribution in [2.75, 3.05) is 18.0 Å². The molecule has 2 amide bonds. The minimum atomic E-state index is -0.555. The summed E-state index contributed by atoms with van der Waals surface area (Å²) in [5, 5.41) is 6.02. The van der Waals surface area contributed by atoms with Crippen LogP contribution in [0.2, 0.25) is 0 Å². The molecule has 1 aliphatic rings. The van der Waals surface area contributed by atoms with Crippen LogP contribution in [0.1, 0.15) is 29.6 Å². The number of furan rings is 1. The Balaban J connectivity index is 1.37. The lowest BCUT2D eigenvalue weighted by molar-refractivity contribution is -0.119. The minimum absolute atomic E-state index is 0.199. The van der Waals surface area contributed by atoms with Crippen molar-refractivity contribution in [1.82, 2.24) is 10.6 Å². The lowest BCUT2D eigenvalue weighted by atomic mass is 10.0. The first-order chi connectivity index (χ1) is 16.3. The van der Waals surface area contributed by atoms with E-state index in [1.54, 1.807) is 12.1 Å². The van der Waals surface area contributed by atoms with Gasteiger partial charge in [-0.25, -0.2) is 9.18 Å². The van der Waals surface area contributed by atoms with E-state index in [1.807, 2.05) is 44.2 Å². The lowest BCUT2D eigenvalue weighted by Crippen LogP contribution is -2.33. The van der Waals surface area contributed by atoms with Crippen LogP contribution in [0.25, 0.3) is 11.1 Å². The maximum atomic E-state index is 14.9. The van der Waals surface area contributed by atoms with Crippen LogP contribution < -0.4 is 15.5 Å². The van der Waals surface area contributed by atoms with E-state index in [0.29, 0.717) is 24.3 Å². The zero-order valence-electron chi connectivity index (χ0n) is 19.5. The summed E-state index contributed by atoms with van der Waals surface area (Å²) in [4.78, 5) is 24.6. The van der Waals surface area contributed by atoms with Gasteiger partial charge in [0.25, 0.3) is 0 Å². The van der Waals surface area contributed by atoms with Crippen molar-refractivity contribution in [2.45, 2.75) is 40.0 Å². The Hall–Kier alpha value is -3.65. The zero-order chi connectivity index (χ0) is 24.2. The van der Waals surface area contributed by atoms with E-state index in [2.05, 4.69) is 10.6 Å². The van der Waals surface area contributed by atoms with Crippen molar-refractivity contribution in [2.24, 2.45) is 0 Å². The Morgan fingerprint density at radius 1 is 1.12 bits per heavy atom. The second kappa shape index (κ2) is 10.1. The fourth-order valence-corrected chi connectivity index (χ4v) is 4.00. The number of halogens is 1. The van der Waals surface area contributed by atoms with Crippen molar-refractivity contribution in [3.63, 3.8) is 0 Å². The average molecular weight is 466 g/mol. The molecule has 1 saturated heterocycles. The molecule has 2 N–H and O–H groups in total. The highest BCUT2D eigenvalue weighted by atomic mass is 19.1. The van der Waals surface area contributed by atoms with Gasteiger partial charge >= 0.3 is 6.09 Å². The van der Waals surface area contributed by atoms with Crippen LogP contribution >= 0.6 is 0 Å². The predicted molar refractivity (Wildman–Crippen MR) is 127 cm³/mol. The summed E-state index contributed by atoms with van der Waals surface area (Å²) < 4.78 is 25.7. The minimum Gasteiger partial charge on any atom is -0.466 e. The molecule has 3 aromatic rings. The van der Waals surface area contributed by atoms with Crippen molar-refractivity contribution in [1.29, 1.82) is 0 Å². The maximum absolute atomic E-state index is 14.9. The third-order valence-corrected chi connectivity index (χ3v) is 5.77. The summed E-state index contributed by atoms with van der Waals surface area (Å²) in [5.74, 6) is 1.20. The smallest absolute Gasteiger partial charge is 0.414 e. The first kappa shape index (κ1) is 23.5. The highest BCUT2D eigenvalue weighted by molar-refractivity contribution is 5.90. The van der Waals surface area contributed by atoms with E-state index in [0.717, 1.165) is 28.2 Å². The van der Waals surface area contributed by atoms with E-state index in [1.165, 1.54) is 17.9 Å². The SMILES string of the molecule is CC(=O)NCC1CN(c2ccc(-c3ccc(CNCc4cc(C)oc4C)cc3)c(F)c2)C(=O)O1.